The van der Waals surface area contributed by atoms with Gasteiger partial charge in [-0.2, -0.15) is 0 Å². The van der Waals surface area contributed by atoms with Gasteiger partial charge in [-0.15, -0.1) is 0 Å². The summed E-state index contributed by atoms with van der Waals surface area (Å²) in [6.45, 7) is 0. The van der Waals surface area contributed by atoms with Crippen molar-refractivity contribution in [3.8, 4) is 0 Å². The van der Waals surface area contributed by atoms with Gasteiger partial charge in [0.2, 0.25) is 0 Å². The van der Waals surface area contributed by atoms with Crippen molar-refractivity contribution in [2.24, 2.45) is 0 Å². The first-order valence-electron chi connectivity index (χ1n) is 0.612. The van der Waals surface area contributed by atoms with Crippen LogP contribution in [0.15, 0.2) is 0 Å². The van der Waals surface area contributed by atoms with Crippen molar-refractivity contribution in [2.75, 3.05) is 0 Å². The molecular formula is CMn2O3-2. The zero-order chi connectivity index (χ0) is 3.58. The van der Waals surface area contributed by atoms with Crippen molar-refractivity contribution in [3.63, 3.8) is 0 Å². The topological polar surface area (TPSA) is 63.2 Å². The molecule has 0 saturated heterocycles. The maximum atomic E-state index is 8.33. The van der Waals surface area contributed by atoms with E-state index in [1.54, 1.807) is 0 Å². The van der Waals surface area contributed by atoms with Crippen LogP contribution in [-0.2, 0) is 34.1 Å². The second-order valence-corrected chi connectivity index (χ2v) is 0.250. The summed E-state index contributed by atoms with van der Waals surface area (Å²) in [5, 5.41) is 16.7. The summed E-state index contributed by atoms with van der Waals surface area (Å²) >= 11 is 0. The van der Waals surface area contributed by atoms with Crippen LogP contribution in [0.3, 0.4) is 0 Å². The summed E-state index contributed by atoms with van der Waals surface area (Å²) < 4.78 is 0. The monoisotopic (exact) mass is 170 g/mol. The third-order valence-electron chi connectivity index (χ3n) is 0. The molecule has 0 aromatic heterocycles. The van der Waals surface area contributed by atoms with Crippen LogP contribution in [0.4, 0.5) is 4.79 Å². The molecule has 0 rings (SSSR count). The molecule has 0 unspecified atom stereocenters. The van der Waals surface area contributed by atoms with Gasteiger partial charge in [0, 0.05) is 34.1 Å². The third kappa shape index (κ3) is 494. The third-order valence-corrected chi connectivity index (χ3v) is 0. The molecule has 0 bridgehead atoms. The van der Waals surface area contributed by atoms with E-state index in [0.29, 0.717) is 0 Å². The summed E-state index contributed by atoms with van der Waals surface area (Å²) in [6, 6.07) is 0. The van der Waals surface area contributed by atoms with Crippen LogP contribution in [0, 0.1) is 0 Å². The van der Waals surface area contributed by atoms with E-state index in [1.807, 2.05) is 0 Å². The first-order valence-corrected chi connectivity index (χ1v) is 0.612. The minimum atomic E-state index is -2.33. The van der Waals surface area contributed by atoms with Crippen LogP contribution in [0.5, 0.6) is 0 Å². The van der Waals surface area contributed by atoms with Gasteiger partial charge in [-0.05, 0) is 6.16 Å². The normalized spacial score (nSPS) is 4.00. The maximum Gasteiger partial charge on any atom is 0 e. The molecule has 0 atom stereocenters. The van der Waals surface area contributed by atoms with Crippen molar-refractivity contribution in [2.45, 2.75) is 0 Å². The van der Waals surface area contributed by atoms with Crippen molar-refractivity contribution in [1.82, 2.24) is 0 Å². The number of carbonyl (C=O) groups excluding carboxylic acids is 1. The second kappa shape index (κ2) is 9.00. The number of carboxylic acid groups (broad SMARTS) is 2. The molecule has 6 heavy (non-hydrogen) atoms. The predicted octanol–water partition coefficient (Wildman–Crippen LogP) is -2.45. The van der Waals surface area contributed by atoms with E-state index in [2.05, 4.69) is 0 Å². The van der Waals surface area contributed by atoms with Crippen LogP contribution in [-0.4, -0.2) is 6.16 Å². The Morgan fingerprint density at radius 1 is 1.17 bits per heavy atom. The standard InChI is InChI=1S/CH2O3.2Mn/c2-1(3)4;;/h(H2,2,3,4);;/p-2. The van der Waals surface area contributed by atoms with Gasteiger partial charge in [0.1, 0.15) is 0 Å². The first-order chi connectivity index (χ1) is 1.73. The largest absolute Gasteiger partial charge is 0.652 e. The molecule has 0 aliphatic carbocycles. The molecule has 2 radical (unpaired) electrons. The van der Waals surface area contributed by atoms with Crippen molar-refractivity contribution >= 4 is 6.16 Å². The Labute approximate surface area is 55.7 Å². The summed E-state index contributed by atoms with van der Waals surface area (Å²) in [5.74, 6) is 0. The fourth-order valence-corrected chi connectivity index (χ4v) is 0. The van der Waals surface area contributed by atoms with Gasteiger partial charge in [-0.1, -0.05) is 0 Å². The molecule has 0 aliphatic rings. The average molecular weight is 170 g/mol. The molecule has 0 aromatic carbocycles. The van der Waals surface area contributed by atoms with E-state index >= 15 is 0 Å². The Morgan fingerprint density at radius 3 is 1.17 bits per heavy atom. The van der Waals surface area contributed by atoms with Crippen LogP contribution in [0.1, 0.15) is 0 Å². The Bertz CT molecular complexity index is 31.8. The molecule has 0 heterocycles. The second-order valence-electron chi connectivity index (χ2n) is 0.250. The van der Waals surface area contributed by atoms with E-state index in [9.17, 15) is 0 Å². The summed E-state index contributed by atoms with van der Waals surface area (Å²) in [4.78, 5) is 8.33. The molecule has 5 heteroatoms. The summed E-state index contributed by atoms with van der Waals surface area (Å²) in [6.07, 6.45) is -2.33. The van der Waals surface area contributed by atoms with Crippen LogP contribution in [0.2, 0.25) is 0 Å². The number of rotatable bonds is 0. The molecule has 0 saturated carbocycles. The Kier molecular flexibility index (Phi) is 24.4. The van der Waals surface area contributed by atoms with E-state index in [-0.39, 0.29) is 34.1 Å². The van der Waals surface area contributed by atoms with E-state index in [4.69, 9.17) is 15.0 Å². The quantitative estimate of drug-likeness (QED) is 0.379. The summed E-state index contributed by atoms with van der Waals surface area (Å²) in [5.41, 5.74) is 0. The van der Waals surface area contributed by atoms with E-state index < -0.39 is 6.16 Å². The fourth-order valence-electron chi connectivity index (χ4n) is 0. The van der Waals surface area contributed by atoms with Crippen molar-refractivity contribution in [3.05, 3.63) is 0 Å². The molecule has 3 nitrogen and oxygen atoms in total. The van der Waals surface area contributed by atoms with Gasteiger partial charge in [0.05, 0.1) is 0 Å². The van der Waals surface area contributed by atoms with Gasteiger partial charge in [0.15, 0.2) is 0 Å². The maximum absolute atomic E-state index is 8.33. The van der Waals surface area contributed by atoms with E-state index in [0.717, 1.165) is 0 Å². The number of hydrogen-bond acceptors (Lipinski definition) is 3. The Hall–Kier alpha value is 0.309. The Balaban J connectivity index is -0.0000000450. The molecule has 38 valence electrons. The molecular weight excluding hydrogens is 170 g/mol. The number of hydrogen-bond donors (Lipinski definition) is 0. The SMILES string of the molecule is O=C([O-])[O-].[Mn].[Mn]. The van der Waals surface area contributed by atoms with Gasteiger partial charge >= 0.3 is 0 Å². The van der Waals surface area contributed by atoms with Gasteiger partial charge in [-0.3, -0.25) is 0 Å². The molecule has 0 spiro atoms. The molecule has 0 aromatic rings. The molecule has 0 aliphatic heterocycles. The van der Waals surface area contributed by atoms with Crippen LogP contribution < -0.4 is 10.2 Å². The minimum Gasteiger partial charge on any atom is -0.652 e. The molecule has 0 fully saturated rings. The summed E-state index contributed by atoms with van der Waals surface area (Å²) in [7, 11) is 0. The smallest absolute Gasteiger partial charge is 0 e. The van der Waals surface area contributed by atoms with E-state index in [1.165, 1.54) is 0 Å². The van der Waals surface area contributed by atoms with Crippen LogP contribution >= 0.6 is 0 Å². The zero-order valence-corrected chi connectivity index (χ0v) is 4.84. The fraction of sp³-hybridized carbons (Fsp3) is 0. The van der Waals surface area contributed by atoms with Gasteiger partial charge < -0.3 is 15.0 Å². The average Bonchev–Trinajstić information content (AvgIpc) is 0.811. The Morgan fingerprint density at radius 2 is 1.17 bits per heavy atom. The van der Waals surface area contributed by atoms with Gasteiger partial charge in [0.25, 0.3) is 0 Å². The van der Waals surface area contributed by atoms with Crippen molar-refractivity contribution < 1.29 is 49.1 Å². The first kappa shape index (κ1) is 16.2. The van der Waals surface area contributed by atoms with Crippen molar-refractivity contribution in [1.29, 1.82) is 0 Å². The molecule has 0 N–H and O–H groups in total. The molecule has 0 amide bonds. The van der Waals surface area contributed by atoms with Gasteiger partial charge in [-0.25, -0.2) is 0 Å². The zero-order valence-electron chi connectivity index (χ0n) is 2.48. The minimum absolute atomic E-state index is 0. The predicted molar refractivity (Wildman–Crippen MR) is 5.40 cm³/mol. The number of carbonyl (C=O) groups is 1. The van der Waals surface area contributed by atoms with Crippen LogP contribution in [0.25, 0.3) is 0 Å².